The topological polar surface area (TPSA) is 38.3 Å². The van der Waals surface area contributed by atoms with Crippen LogP contribution in [0.3, 0.4) is 0 Å². The van der Waals surface area contributed by atoms with E-state index in [0.29, 0.717) is 12.2 Å². The van der Waals surface area contributed by atoms with Crippen molar-refractivity contribution in [2.45, 2.75) is 19.9 Å². The fraction of sp³-hybridized carbons (Fsp3) is 0.235. The van der Waals surface area contributed by atoms with Crippen LogP contribution >= 0.6 is 15.9 Å². The van der Waals surface area contributed by atoms with Crippen LogP contribution in [0.5, 0.6) is 0 Å². The molecule has 110 valence electrons. The molecular formula is C17H18BrNO2. The van der Waals surface area contributed by atoms with Gasteiger partial charge in [0.1, 0.15) is 0 Å². The molecule has 0 aliphatic heterocycles. The van der Waals surface area contributed by atoms with Crippen molar-refractivity contribution in [2.75, 3.05) is 11.9 Å². The summed E-state index contributed by atoms with van der Waals surface area (Å²) in [7, 11) is 0. The molecule has 0 aromatic heterocycles. The minimum atomic E-state index is -0.302. The van der Waals surface area contributed by atoms with E-state index in [1.165, 1.54) is 0 Å². The standard InChI is InChI=1S/C17H18BrNO2/c1-3-21-17(20)15-6-4-5-7-16(15)19-12(2)13-8-10-14(18)11-9-13/h4-12,19H,3H2,1-2H3/t12-/m0/s1. The number of hydrogen-bond acceptors (Lipinski definition) is 3. The van der Waals surface area contributed by atoms with Crippen molar-refractivity contribution in [3.8, 4) is 0 Å². The summed E-state index contributed by atoms with van der Waals surface area (Å²) in [5, 5.41) is 3.37. The Kier molecular flexibility index (Phi) is 5.39. The van der Waals surface area contributed by atoms with Crippen molar-refractivity contribution in [3.05, 3.63) is 64.1 Å². The van der Waals surface area contributed by atoms with E-state index in [4.69, 9.17) is 4.74 Å². The number of rotatable bonds is 5. The fourth-order valence-electron chi connectivity index (χ4n) is 2.06. The molecule has 0 aliphatic rings. The van der Waals surface area contributed by atoms with Crippen molar-refractivity contribution in [1.29, 1.82) is 0 Å². The van der Waals surface area contributed by atoms with Gasteiger partial charge in [-0.05, 0) is 43.7 Å². The van der Waals surface area contributed by atoms with E-state index < -0.39 is 0 Å². The molecule has 0 amide bonds. The number of nitrogens with one attached hydrogen (secondary N) is 1. The molecular weight excluding hydrogens is 330 g/mol. The Labute approximate surface area is 133 Å². The second-order valence-corrected chi connectivity index (χ2v) is 5.60. The summed E-state index contributed by atoms with van der Waals surface area (Å²) in [4.78, 5) is 12.0. The van der Waals surface area contributed by atoms with Crippen LogP contribution in [-0.2, 0) is 4.74 Å². The molecule has 0 heterocycles. The molecule has 0 bridgehead atoms. The molecule has 4 heteroatoms. The smallest absolute Gasteiger partial charge is 0.340 e. The Balaban J connectivity index is 2.19. The Hall–Kier alpha value is -1.81. The number of halogens is 1. The quantitative estimate of drug-likeness (QED) is 0.789. The zero-order valence-electron chi connectivity index (χ0n) is 12.1. The third-order valence-electron chi connectivity index (χ3n) is 3.16. The monoisotopic (exact) mass is 347 g/mol. The second kappa shape index (κ2) is 7.27. The summed E-state index contributed by atoms with van der Waals surface area (Å²) in [6, 6.07) is 15.6. The third-order valence-corrected chi connectivity index (χ3v) is 3.69. The molecule has 3 nitrogen and oxygen atoms in total. The van der Waals surface area contributed by atoms with Crippen LogP contribution < -0.4 is 5.32 Å². The zero-order chi connectivity index (χ0) is 15.2. The summed E-state index contributed by atoms with van der Waals surface area (Å²) in [5.74, 6) is -0.302. The third kappa shape index (κ3) is 4.08. The van der Waals surface area contributed by atoms with Crippen LogP contribution in [0.1, 0.15) is 35.8 Å². The van der Waals surface area contributed by atoms with Gasteiger partial charge in [-0.15, -0.1) is 0 Å². The van der Waals surface area contributed by atoms with Gasteiger partial charge in [-0.2, -0.15) is 0 Å². The minimum Gasteiger partial charge on any atom is -0.462 e. The van der Waals surface area contributed by atoms with Crippen molar-refractivity contribution in [1.82, 2.24) is 0 Å². The van der Waals surface area contributed by atoms with Gasteiger partial charge in [0.15, 0.2) is 0 Å². The van der Waals surface area contributed by atoms with Crippen LogP contribution in [0.2, 0.25) is 0 Å². The molecule has 0 saturated carbocycles. The van der Waals surface area contributed by atoms with Gasteiger partial charge in [-0.1, -0.05) is 40.2 Å². The van der Waals surface area contributed by atoms with E-state index in [1.807, 2.05) is 30.3 Å². The number of esters is 1. The molecule has 0 aliphatic carbocycles. The highest BCUT2D eigenvalue weighted by molar-refractivity contribution is 9.10. The maximum Gasteiger partial charge on any atom is 0.340 e. The predicted molar refractivity (Wildman–Crippen MR) is 88.6 cm³/mol. The van der Waals surface area contributed by atoms with E-state index in [-0.39, 0.29) is 12.0 Å². The number of benzene rings is 2. The summed E-state index contributed by atoms with van der Waals surface area (Å²) in [6.45, 7) is 4.24. The van der Waals surface area contributed by atoms with Crippen molar-refractivity contribution in [2.24, 2.45) is 0 Å². The Morgan fingerprint density at radius 2 is 1.86 bits per heavy atom. The Morgan fingerprint density at radius 3 is 2.52 bits per heavy atom. The lowest BCUT2D eigenvalue weighted by molar-refractivity contribution is 0.0527. The summed E-state index contributed by atoms with van der Waals surface area (Å²) < 4.78 is 6.13. The highest BCUT2D eigenvalue weighted by atomic mass is 79.9. The molecule has 2 aromatic carbocycles. The average molecular weight is 348 g/mol. The normalized spacial score (nSPS) is 11.8. The highest BCUT2D eigenvalue weighted by Gasteiger charge is 2.14. The summed E-state index contributed by atoms with van der Waals surface area (Å²) >= 11 is 3.43. The lowest BCUT2D eigenvalue weighted by atomic mass is 10.1. The van der Waals surface area contributed by atoms with Gasteiger partial charge in [0, 0.05) is 16.2 Å². The van der Waals surface area contributed by atoms with E-state index >= 15 is 0 Å². The number of carbonyl (C=O) groups is 1. The van der Waals surface area contributed by atoms with E-state index in [1.54, 1.807) is 13.0 Å². The van der Waals surface area contributed by atoms with Crippen LogP contribution in [0.4, 0.5) is 5.69 Å². The molecule has 0 saturated heterocycles. The molecule has 21 heavy (non-hydrogen) atoms. The van der Waals surface area contributed by atoms with Gasteiger partial charge < -0.3 is 10.1 Å². The Bertz CT molecular complexity index is 610. The molecule has 1 N–H and O–H groups in total. The van der Waals surface area contributed by atoms with Crippen LogP contribution in [0.15, 0.2) is 53.0 Å². The fourth-order valence-corrected chi connectivity index (χ4v) is 2.33. The first-order valence-electron chi connectivity index (χ1n) is 6.90. The van der Waals surface area contributed by atoms with Gasteiger partial charge >= 0.3 is 5.97 Å². The van der Waals surface area contributed by atoms with Crippen molar-refractivity contribution in [3.63, 3.8) is 0 Å². The second-order valence-electron chi connectivity index (χ2n) is 4.68. The molecule has 2 rings (SSSR count). The lowest BCUT2D eigenvalue weighted by Gasteiger charge is -2.18. The van der Waals surface area contributed by atoms with Gasteiger partial charge in [0.25, 0.3) is 0 Å². The molecule has 0 fully saturated rings. The predicted octanol–water partition coefficient (Wildman–Crippen LogP) is 4.80. The first-order chi connectivity index (χ1) is 10.1. The van der Waals surface area contributed by atoms with Crippen LogP contribution in [0, 0.1) is 0 Å². The maximum atomic E-state index is 12.0. The molecule has 0 spiro atoms. The highest BCUT2D eigenvalue weighted by Crippen LogP contribution is 2.24. The SMILES string of the molecule is CCOC(=O)c1ccccc1N[C@@H](C)c1ccc(Br)cc1. The van der Waals surface area contributed by atoms with Gasteiger partial charge in [-0.25, -0.2) is 4.79 Å². The molecule has 1 atom stereocenters. The van der Waals surface area contributed by atoms with Crippen molar-refractivity contribution >= 4 is 27.6 Å². The average Bonchev–Trinajstić information content (AvgIpc) is 2.48. The molecule has 0 radical (unpaired) electrons. The van der Waals surface area contributed by atoms with E-state index in [0.717, 1.165) is 15.7 Å². The Morgan fingerprint density at radius 1 is 1.19 bits per heavy atom. The van der Waals surface area contributed by atoms with Crippen LogP contribution in [-0.4, -0.2) is 12.6 Å². The number of ether oxygens (including phenoxy) is 1. The first-order valence-corrected chi connectivity index (χ1v) is 7.69. The minimum absolute atomic E-state index is 0.0914. The van der Waals surface area contributed by atoms with Gasteiger partial charge in [0.05, 0.1) is 12.2 Å². The van der Waals surface area contributed by atoms with E-state index in [2.05, 4.69) is 40.3 Å². The number of carbonyl (C=O) groups excluding carboxylic acids is 1. The number of anilines is 1. The van der Waals surface area contributed by atoms with Crippen LogP contribution in [0.25, 0.3) is 0 Å². The maximum absolute atomic E-state index is 12.0. The summed E-state index contributed by atoms with van der Waals surface area (Å²) in [6.07, 6.45) is 0. The molecule has 0 unspecified atom stereocenters. The van der Waals surface area contributed by atoms with Crippen molar-refractivity contribution < 1.29 is 9.53 Å². The largest absolute Gasteiger partial charge is 0.462 e. The number of para-hydroxylation sites is 1. The lowest BCUT2D eigenvalue weighted by Crippen LogP contribution is -2.12. The summed E-state index contributed by atoms with van der Waals surface area (Å²) in [5.41, 5.74) is 2.49. The van der Waals surface area contributed by atoms with Gasteiger partial charge in [-0.3, -0.25) is 0 Å². The zero-order valence-corrected chi connectivity index (χ0v) is 13.7. The van der Waals surface area contributed by atoms with Gasteiger partial charge in [0.2, 0.25) is 0 Å². The number of hydrogen-bond donors (Lipinski definition) is 1. The first kappa shape index (κ1) is 15.6. The molecule has 2 aromatic rings. The van der Waals surface area contributed by atoms with E-state index in [9.17, 15) is 4.79 Å².